The van der Waals surface area contributed by atoms with E-state index < -0.39 is 10.8 Å². The minimum Gasteiger partial charge on any atom is -0.267 e. The number of benzene rings is 2. The number of halogens is 1. The SMILES string of the molecule is CC(=NNC(=O)c1cccc([N+](=O)[O-])c1)c1ccc(Br)cc1. The maximum atomic E-state index is 12.0. The van der Waals surface area contributed by atoms with E-state index in [9.17, 15) is 14.9 Å². The number of amides is 1. The molecule has 0 aliphatic carbocycles. The first kappa shape index (κ1) is 15.8. The average molecular weight is 362 g/mol. The van der Waals surface area contributed by atoms with E-state index in [0.29, 0.717) is 5.71 Å². The summed E-state index contributed by atoms with van der Waals surface area (Å²) in [5, 5.41) is 14.7. The minimum atomic E-state index is -0.548. The molecule has 0 atom stereocenters. The summed E-state index contributed by atoms with van der Waals surface area (Å²) in [7, 11) is 0. The van der Waals surface area contributed by atoms with Gasteiger partial charge in [-0.25, -0.2) is 5.43 Å². The first-order valence-corrected chi connectivity index (χ1v) is 7.11. The van der Waals surface area contributed by atoms with Crippen molar-refractivity contribution in [2.45, 2.75) is 6.92 Å². The molecule has 7 heteroatoms. The van der Waals surface area contributed by atoms with Gasteiger partial charge >= 0.3 is 0 Å². The third kappa shape index (κ3) is 3.98. The average Bonchev–Trinajstić information content (AvgIpc) is 2.53. The van der Waals surface area contributed by atoms with Gasteiger partial charge in [-0.15, -0.1) is 0 Å². The van der Waals surface area contributed by atoms with Crippen molar-refractivity contribution >= 4 is 33.2 Å². The predicted octanol–water partition coefficient (Wildman–Crippen LogP) is 3.51. The Balaban J connectivity index is 2.11. The molecule has 22 heavy (non-hydrogen) atoms. The summed E-state index contributed by atoms with van der Waals surface area (Å²) in [6.45, 7) is 1.76. The summed E-state index contributed by atoms with van der Waals surface area (Å²) >= 11 is 3.34. The molecule has 6 nitrogen and oxygen atoms in total. The minimum absolute atomic E-state index is 0.138. The number of carbonyl (C=O) groups excluding carboxylic acids is 1. The summed E-state index contributed by atoms with van der Waals surface area (Å²) in [5.41, 5.74) is 3.93. The van der Waals surface area contributed by atoms with Gasteiger partial charge in [-0.3, -0.25) is 14.9 Å². The van der Waals surface area contributed by atoms with E-state index in [1.807, 2.05) is 24.3 Å². The molecule has 0 saturated carbocycles. The quantitative estimate of drug-likeness (QED) is 0.513. The van der Waals surface area contributed by atoms with Crippen LogP contribution in [0.5, 0.6) is 0 Å². The lowest BCUT2D eigenvalue weighted by molar-refractivity contribution is -0.384. The van der Waals surface area contributed by atoms with E-state index in [1.165, 1.54) is 24.3 Å². The van der Waals surface area contributed by atoms with Gasteiger partial charge in [-0.2, -0.15) is 5.10 Å². The van der Waals surface area contributed by atoms with Gasteiger partial charge in [-0.05, 0) is 30.7 Å². The fourth-order valence-electron chi connectivity index (χ4n) is 1.72. The number of nitro benzene ring substituents is 1. The molecule has 2 rings (SSSR count). The fourth-order valence-corrected chi connectivity index (χ4v) is 1.98. The molecule has 112 valence electrons. The van der Waals surface area contributed by atoms with Crippen LogP contribution in [0.15, 0.2) is 58.1 Å². The first-order chi connectivity index (χ1) is 10.5. The van der Waals surface area contributed by atoms with Crippen LogP contribution in [0, 0.1) is 10.1 Å². The molecule has 2 aromatic rings. The van der Waals surface area contributed by atoms with Crippen molar-refractivity contribution in [1.29, 1.82) is 0 Å². The zero-order valence-electron chi connectivity index (χ0n) is 11.6. The number of nitrogens with zero attached hydrogens (tertiary/aromatic N) is 2. The number of nitrogens with one attached hydrogen (secondary N) is 1. The Morgan fingerprint density at radius 3 is 2.50 bits per heavy atom. The van der Waals surface area contributed by atoms with E-state index in [2.05, 4.69) is 26.5 Å². The summed E-state index contributed by atoms with van der Waals surface area (Å²) in [4.78, 5) is 22.1. The van der Waals surface area contributed by atoms with Crippen molar-refractivity contribution < 1.29 is 9.72 Å². The van der Waals surface area contributed by atoms with E-state index in [-0.39, 0.29) is 11.3 Å². The van der Waals surface area contributed by atoms with Crippen LogP contribution < -0.4 is 5.43 Å². The lowest BCUT2D eigenvalue weighted by Crippen LogP contribution is -2.19. The number of hydrogen-bond acceptors (Lipinski definition) is 4. The van der Waals surface area contributed by atoms with Crippen LogP contribution in [0.4, 0.5) is 5.69 Å². The summed E-state index contributed by atoms with van der Waals surface area (Å²) in [5.74, 6) is -0.500. The molecule has 1 N–H and O–H groups in total. The highest BCUT2D eigenvalue weighted by Gasteiger charge is 2.11. The number of hydrogen-bond donors (Lipinski definition) is 1. The van der Waals surface area contributed by atoms with Crippen LogP contribution in [0.1, 0.15) is 22.8 Å². The highest BCUT2D eigenvalue weighted by atomic mass is 79.9. The van der Waals surface area contributed by atoms with Gasteiger partial charge in [0, 0.05) is 22.2 Å². The normalized spacial score (nSPS) is 11.1. The Morgan fingerprint density at radius 2 is 1.86 bits per heavy atom. The maximum Gasteiger partial charge on any atom is 0.271 e. The van der Waals surface area contributed by atoms with Crippen LogP contribution in [0.25, 0.3) is 0 Å². The third-order valence-electron chi connectivity index (χ3n) is 2.91. The van der Waals surface area contributed by atoms with Crippen LogP contribution >= 0.6 is 15.9 Å². The third-order valence-corrected chi connectivity index (χ3v) is 3.43. The Bertz CT molecular complexity index is 742. The molecule has 0 aromatic heterocycles. The standard InChI is InChI=1S/C15H12BrN3O3/c1-10(11-5-7-13(16)8-6-11)17-18-15(20)12-3-2-4-14(9-12)19(21)22/h2-9H,1H3,(H,18,20). The monoisotopic (exact) mass is 361 g/mol. The van der Waals surface area contributed by atoms with Gasteiger partial charge < -0.3 is 0 Å². The molecule has 0 radical (unpaired) electrons. The number of hydrazone groups is 1. The van der Waals surface area contributed by atoms with Crippen molar-refractivity contribution in [2.75, 3.05) is 0 Å². The zero-order valence-corrected chi connectivity index (χ0v) is 13.2. The Kier molecular flexibility index (Phi) is 5.00. The van der Waals surface area contributed by atoms with Gasteiger partial charge in [0.05, 0.1) is 10.6 Å². The molecule has 0 bridgehead atoms. The van der Waals surface area contributed by atoms with Crippen molar-refractivity contribution in [2.24, 2.45) is 5.10 Å². The highest BCUT2D eigenvalue weighted by Crippen LogP contribution is 2.13. The Labute approximate surface area is 135 Å². The van der Waals surface area contributed by atoms with Gasteiger partial charge in [0.1, 0.15) is 0 Å². The molecule has 0 heterocycles. The van der Waals surface area contributed by atoms with Gasteiger partial charge in [-0.1, -0.05) is 34.1 Å². The second kappa shape index (κ2) is 6.95. The summed E-state index contributed by atoms with van der Waals surface area (Å²) in [6.07, 6.45) is 0. The Hall–Kier alpha value is -2.54. The van der Waals surface area contributed by atoms with Crippen molar-refractivity contribution in [3.05, 3.63) is 74.2 Å². The number of carbonyl (C=O) groups is 1. The summed E-state index contributed by atoms with van der Waals surface area (Å²) < 4.78 is 0.949. The molecule has 2 aromatic carbocycles. The van der Waals surface area contributed by atoms with Gasteiger partial charge in [0.2, 0.25) is 0 Å². The van der Waals surface area contributed by atoms with Crippen LogP contribution in [0.2, 0.25) is 0 Å². The van der Waals surface area contributed by atoms with E-state index in [0.717, 1.165) is 10.0 Å². The largest absolute Gasteiger partial charge is 0.271 e. The Morgan fingerprint density at radius 1 is 1.18 bits per heavy atom. The van der Waals surface area contributed by atoms with E-state index in [1.54, 1.807) is 6.92 Å². The maximum absolute atomic E-state index is 12.0. The van der Waals surface area contributed by atoms with E-state index >= 15 is 0 Å². The molecule has 0 aliphatic rings. The van der Waals surface area contributed by atoms with Gasteiger partial charge in [0.25, 0.3) is 11.6 Å². The van der Waals surface area contributed by atoms with Gasteiger partial charge in [0.15, 0.2) is 0 Å². The predicted molar refractivity (Wildman–Crippen MR) is 86.9 cm³/mol. The van der Waals surface area contributed by atoms with Crippen molar-refractivity contribution in [1.82, 2.24) is 5.43 Å². The lowest BCUT2D eigenvalue weighted by atomic mass is 10.1. The second-order valence-electron chi connectivity index (χ2n) is 4.45. The molecule has 0 saturated heterocycles. The van der Waals surface area contributed by atoms with Crippen molar-refractivity contribution in [3.8, 4) is 0 Å². The fraction of sp³-hybridized carbons (Fsp3) is 0.0667. The van der Waals surface area contributed by atoms with E-state index in [4.69, 9.17) is 0 Å². The number of non-ortho nitro benzene ring substituents is 1. The van der Waals surface area contributed by atoms with Crippen molar-refractivity contribution in [3.63, 3.8) is 0 Å². The smallest absolute Gasteiger partial charge is 0.267 e. The molecule has 0 spiro atoms. The highest BCUT2D eigenvalue weighted by molar-refractivity contribution is 9.10. The van der Waals surface area contributed by atoms with Crippen LogP contribution in [0.3, 0.4) is 0 Å². The van der Waals surface area contributed by atoms with Crippen LogP contribution in [-0.4, -0.2) is 16.5 Å². The first-order valence-electron chi connectivity index (χ1n) is 6.32. The number of nitro groups is 1. The zero-order chi connectivity index (χ0) is 16.1. The molecule has 1 amide bonds. The molecular formula is C15H12BrN3O3. The second-order valence-corrected chi connectivity index (χ2v) is 5.37. The molecule has 0 aliphatic heterocycles. The lowest BCUT2D eigenvalue weighted by Gasteiger charge is -2.03. The van der Waals surface area contributed by atoms with Crippen LogP contribution in [-0.2, 0) is 0 Å². The topological polar surface area (TPSA) is 84.6 Å². The molecule has 0 unspecified atom stereocenters. The molecular weight excluding hydrogens is 350 g/mol. The number of rotatable bonds is 4. The molecule has 0 fully saturated rings. The summed E-state index contributed by atoms with van der Waals surface area (Å²) in [6, 6.07) is 13.0.